The Morgan fingerprint density at radius 1 is 1.28 bits per heavy atom. The summed E-state index contributed by atoms with van der Waals surface area (Å²) < 4.78 is 32.5. The molecule has 3 unspecified atom stereocenters. The number of piperidine rings is 1. The van der Waals surface area contributed by atoms with Crippen LogP contribution in [-0.4, -0.2) is 45.5 Å². The third-order valence-electron chi connectivity index (χ3n) is 3.63. The first-order valence-corrected chi connectivity index (χ1v) is 7.96. The Bertz CT molecular complexity index is 344. The van der Waals surface area contributed by atoms with Crippen molar-refractivity contribution in [3.8, 4) is 0 Å². The SMILES string of the molecule is CC1NCCCC1NS(=O)(=O)C1CCCOC1.Cl. The molecule has 2 aliphatic rings. The van der Waals surface area contributed by atoms with Crippen LogP contribution in [0.5, 0.6) is 0 Å². The standard InChI is InChI=1S/C11H22N2O3S.ClH/c1-9-11(5-2-6-12-9)13-17(14,15)10-4-3-7-16-8-10;/h9-13H,2-8H2,1H3;1H. The van der Waals surface area contributed by atoms with Gasteiger partial charge in [0.25, 0.3) is 0 Å². The van der Waals surface area contributed by atoms with Gasteiger partial charge in [-0.1, -0.05) is 0 Å². The molecule has 0 aromatic rings. The molecule has 0 aromatic carbocycles. The lowest BCUT2D eigenvalue weighted by atomic mass is 10.0. The first-order valence-electron chi connectivity index (χ1n) is 6.42. The highest BCUT2D eigenvalue weighted by molar-refractivity contribution is 7.90. The molecule has 0 radical (unpaired) electrons. The summed E-state index contributed by atoms with van der Waals surface area (Å²) in [5.74, 6) is 0. The van der Waals surface area contributed by atoms with Crippen LogP contribution < -0.4 is 10.0 Å². The lowest BCUT2D eigenvalue weighted by Gasteiger charge is -2.32. The molecule has 2 saturated heterocycles. The Labute approximate surface area is 116 Å². The van der Waals surface area contributed by atoms with Crippen LogP contribution in [0.2, 0.25) is 0 Å². The van der Waals surface area contributed by atoms with Crippen LogP contribution in [0.1, 0.15) is 32.6 Å². The second-order valence-electron chi connectivity index (χ2n) is 4.99. The molecule has 0 aliphatic carbocycles. The van der Waals surface area contributed by atoms with E-state index in [1.54, 1.807) is 0 Å². The van der Waals surface area contributed by atoms with Gasteiger partial charge >= 0.3 is 0 Å². The van der Waals surface area contributed by atoms with Gasteiger partial charge in [0, 0.05) is 18.7 Å². The first kappa shape index (κ1) is 16.2. The summed E-state index contributed by atoms with van der Waals surface area (Å²) in [7, 11) is -3.23. The number of hydrogen-bond donors (Lipinski definition) is 2. The highest BCUT2D eigenvalue weighted by atomic mass is 35.5. The molecule has 18 heavy (non-hydrogen) atoms. The minimum Gasteiger partial charge on any atom is -0.380 e. The van der Waals surface area contributed by atoms with Gasteiger partial charge in [-0.25, -0.2) is 13.1 Å². The Balaban J connectivity index is 0.00000162. The van der Waals surface area contributed by atoms with Crippen LogP contribution in [0.25, 0.3) is 0 Å². The second-order valence-corrected chi connectivity index (χ2v) is 6.99. The Kier molecular flexibility index (Phi) is 6.34. The predicted molar refractivity (Wildman–Crippen MR) is 73.6 cm³/mol. The van der Waals surface area contributed by atoms with Crippen molar-refractivity contribution < 1.29 is 13.2 Å². The van der Waals surface area contributed by atoms with Crippen LogP contribution in [0.4, 0.5) is 0 Å². The summed E-state index contributed by atoms with van der Waals surface area (Å²) in [6, 6.07) is 0.235. The minimum absolute atomic E-state index is 0. The molecule has 2 N–H and O–H groups in total. The summed E-state index contributed by atoms with van der Waals surface area (Å²) >= 11 is 0. The van der Waals surface area contributed by atoms with Gasteiger partial charge in [-0.05, 0) is 39.2 Å². The van der Waals surface area contributed by atoms with Crippen molar-refractivity contribution in [2.45, 2.75) is 49.9 Å². The quantitative estimate of drug-likeness (QED) is 0.803. The average molecular weight is 299 g/mol. The number of halogens is 1. The Hall–Kier alpha value is 0.120. The fourth-order valence-corrected chi connectivity index (χ4v) is 4.16. The number of nitrogens with one attached hydrogen (secondary N) is 2. The second kappa shape index (κ2) is 7.05. The van der Waals surface area contributed by atoms with Crippen LogP contribution >= 0.6 is 12.4 Å². The lowest BCUT2D eigenvalue weighted by molar-refractivity contribution is 0.0986. The molecule has 5 nitrogen and oxygen atoms in total. The maximum atomic E-state index is 12.2. The molecule has 7 heteroatoms. The molecule has 0 spiro atoms. The Morgan fingerprint density at radius 3 is 2.67 bits per heavy atom. The normalized spacial score (nSPS) is 33.7. The summed E-state index contributed by atoms with van der Waals surface area (Å²) in [4.78, 5) is 0. The molecule has 108 valence electrons. The van der Waals surface area contributed by atoms with Crippen molar-refractivity contribution >= 4 is 22.4 Å². The maximum absolute atomic E-state index is 12.2. The first-order chi connectivity index (χ1) is 8.09. The van der Waals surface area contributed by atoms with E-state index in [9.17, 15) is 8.42 Å². The van der Waals surface area contributed by atoms with Crippen molar-refractivity contribution in [3.05, 3.63) is 0 Å². The van der Waals surface area contributed by atoms with Gasteiger partial charge in [0.05, 0.1) is 11.9 Å². The van der Waals surface area contributed by atoms with Crippen LogP contribution in [0.15, 0.2) is 0 Å². The molecule has 3 atom stereocenters. The fourth-order valence-electron chi connectivity index (χ4n) is 2.47. The molecule has 0 aromatic heterocycles. The van der Waals surface area contributed by atoms with Crippen LogP contribution in [0.3, 0.4) is 0 Å². The number of ether oxygens (including phenoxy) is 1. The third-order valence-corrected chi connectivity index (χ3v) is 5.52. The monoisotopic (exact) mass is 298 g/mol. The Morgan fingerprint density at radius 2 is 2.06 bits per heavy atom. The van der Waals surface area contributed by atoms with E-state index in [1.807, 2.05) is 6.92 Å². The van der Waals surface area contributed by atoms with Crippen LogP contribution in [-0.2, 0) is 14.8 Å². The molecule has 2 fully saturated rings. The van der Waals surface area contributed by atoms with Gasteiger partial charge in [-0.3, -0.25) is 0 Å². The third kappa shape index (κ3) is 4.06. The highest BCUT2D eigenvalue weighted by Gasteiger charge is 2.32. The lowest BCUT2D eigenvalue weighted by Crippen LogP contribution is -2.54. The smallest absolute Gasteiger partial charge is 0.217 e. The number of rotatable bonds is 3. The van der Waals surface area contributed by atoms with E-state index >= 15 is 0 Å². The van der Waals surface area contributed by atoms with Crippen molar-refractivity contribution in [1.29, 1.82) is 0 Å². The highest BCUT2D eigenvalue weighted by Crippen LogP contribution is 2.16. The van der Waals surface area contributed by atoms with E-state index < -0.39 is 10.0 Å². The van der Waals surface area contributed by atoms with E-state index in [-0.39, 0.29) is 29.7 Å². The van der Waals surface area contributed by atoms with E-state index in [1.165, 1.54) is 0 Å². The van der Waals surface area contributed by atoms with Gasteiger partial charge in [0.1, 0.15) is 0 Å². The molecule has 0 saturated carbocycles. The zero-order chi connectivity index (χ0) is 12.3. The summed E-state index contributed by atoms with van der Waals surface area (Å²) in [6.07, 6.45) is 3.49. The average Bonchev–Trinajstić information content (AvgIpc) is 2.33. The van der Waals surface area contributed by atoms with Crippen molar-refractivity contribution in [2.75, 3.05) is 19.8 Å². The minimum atomic E-state index is -3.23. The molecule has 0 amide bonds. The summed E-state index contributed by atoms with van der Waals surface area (Å²) in [5, 5.41) is 2.93. The van der Waals surface area contributed by atoms with Crippen LogP contribution in [0, 0.1) is 0 Å². The fraction of sp³-hybridized carbons (Fsp3) is 1.00. The van der Waals surface area contributed by atoms with E-state index in [0.717, 1.165) is 25.8 Å². The van der Waals surface area contributed by atoms with Gasteiger partial charge < -0.3 is 10.1 Å². The molecular formula is C11H23ClN2O3S. The topological polar surface area (TPSA) is 67.4 Å². The van der Waals surface area contributed by atoms with Gasteiger partial charge in [0.2, 0.25) is 10.0 Å². The summed E-state index contributed by atoms with van der Waals surface area (Å²) in [5.41, 5.74) is 0. The zero-order valence-corrected chi connectivity index (χ0v) is 12.4. The molecule has 2 aliphatic heterocycles. The van der Waals surface area contributed by atoms with Gasteiger partial charge in [-0.15, -0.1) is 12.4 Å². The van der Waals surface area contributed by atoms with Gasteiger partial charge in [0.15, 0.2) is 0 Å². The molecular weight excluding hydrogens is 276 g/mol. The van der Waals surface area contributed by atoms with Crippen molar-refractivity contribution in [2.24, 2.45) is 0 Å². The van der Waals surface area contributed by atoms with E-state index in [4.69, 9.17) is 4.74 Å². The van der Waals surface area contributed by atoms with Crippen molar-refractivity contribution in [3.63, 3.8) is 0 Å². The molecule has 0 bridgehead atoms. The zero-order valence-electron chi connectivity index (χ0n) is 10.7. The van der Waals surface area contributed by atoms with E-state index in [0.29, 0.717) is 19.6 Å². The molecule has 2 heterocycles. The van der Waals surface area contributed by atoms with Crippen molar-refractivity contribution in [1.82, 2.24) is 10.0 Å². The molecule has 2 rings (SSSR count). The largest absolute Gasteiger partial charge is 0.380 e. The van der Waals surface area contributed by atoms with Gasteiger partial charge in [-0.2, -0.15) is 0 Å². The summed E-state index contributed by atoms with van der Waals surface area (Å²) in [6.45, 7) is 4.03. The number of hydrogen-bond acceptors (Lipinski definition) is 4. The number of sulfonamides is 1. The predicted octanol–water partition coefficient (Wildman–Crippen LogP) is 0.647. The maximum Gasteiger partial charge on any atom is 0.217 e. The van der Waals surface area contributed by atoms with E-state index in [2.05, 4.69) is 10.0 Å².